The number of hydrogen-bond acceptors (Lipinski definition) is 1. The van der Waals surface area contributed by atoms with E-state index in [1.54, 1.807) is 7.05 Å². The van der Waals surface area contributed by atoms with Crippen molar-refractivity contribution < 1.29 is 4.79 Å². The molecule has 2 amide bonds. The lowest BCUT2D eigenvalue weighted by Gasteiger charge is -2.43. The zero-order chi connectivity index (χ0) is 8.43. The van der Waals surface area contributed by atoms with Crippen LogP contribution in [0.5, 0.6) is 0 Å². The third kappa shape index (κ3) is 1.47. The fourth-order valence-corrected chi connectivity index (χ4v) is 1.50. The summed E-state index contributed by atoms with van der Waals surface area (Å²) < 4.78 is 0. The molecule has 0 bridgehead atoms. The number of urea groups is 1. The second-order valence-corrected chi connectivity index (χ2v) is 3.35. The minimum atomic E-state index is 0.0648. The molecule has 0 aromatic carbocycles. The van der Waals surface area contributed by atoms with Gasteiger partial charge < -0.3 is 10.2 Å². The van der Waals surface area contributed by atoms with E-state index in [4.69, 9.17) is 0 Å². The molecule has 64 valence electrons. The first-order valence-electron chi connectivity index (χ1n) is 4.15. The average molecular weight is 156 g/mol. The number of hydrogen-bond donors (Lipinski definition) is 1. The Balaban J connectivity index is 2.43. The van der Waals surface area contributed by atoms with Crippen molar-refractivity contribution in [2.45, 2.75) is 26.3 Å². The van der Waals surface area contributed by atoms with Crippen LogP contribution in [0.1, 0.15) is 20.3 Å². The number of rotatable bonds is 1. The number of amides is 2. The summed E-state index contributed by atoms with van der Waals surface area (Å²) in [5, 5.41) is 2.64. The molecule has 1 heterocycles. The standard InChI is InChI=1S/C8H16N2O/c1-6(2)7-4-5-10(7)8(11)9-3/h6-7H,4-5H2,1-3H3,(H,9,11). The molecule has 1 unspecified atom stereocenters. The highest BCUT2D eigenvalue weighted by Gasteiger charge is 2.33. The molecule has 1 saturated heterocycles. The first-order valence-corrected chi connectivity index (χ1v) is 4.15. The zero-order valence-electron chi connectivity index (χ0n) is 7.42. The minimum Gasteiger partial charge on any atom is -0.341 e. The fourth-order valence-electron chi connectivity index (χ4n) is 1.50. The van der Waals surface area contributed by atoms with Crippen molar-refractivity contribution in [2.24, 2.45) is 5.92 Å². The van der Waals surface area contributed by atoms with E-state index in [0.29, 0.717) is 12.0 Å². The van der Waals surface area contributed by atoms with Crippen LogP contribution in [-0.4, -0.2) is 30.6 Å². The van der Waals surface area contributed by atoms with Crippen LogP contribution in [0.4, 0.5) is 4.79 Å². The molecule has 0 aromatic heterocycles. The lowest BCUT2D eigenvalue weighted by Crippen LogP contribution is -2.56. The van der Waals surface area contributed by atoms with E-state index in [-0.39, 0.29) is 6.03 Å². The first kappa shape index (κ1) is 8.37. The second-order valence-electron chi connectivity index (χ2n) is 3.35. The van der Waals surface area contributed by atoms with Gasteiger partial charge in [-0.25, -0.2) is 4.79 Å². The summed E-state index contributed by atoms with van der Waals surface area (Å²) in [6.07, 6.45) is 1.16. The van der Waals surface area contributed by atoms with Crippen molar-refractivity contribution >= 4 is 6.03 Å². The molecule has 0 spiro atoms. The third-order valence-electron chi connectivity index (χ3n) is 2.31. The smallest absolute Gasteiger partial charge is 0.317 e. The molecule has 1 aliphatic rings. The average Bonchev–Trinajstić information content (AvgIpc) is 1.83. The van der Waals surface area contributed by atoms with E-state index in [0.717, 1.165) is 13.0 Å². The predicted molar refractivity (Wildman–Crippen MR) is 44.4 cm³/mol. The number of nitrogens with zero attached hydrogens (tertiary/aromatic N) is 1. The topological polar surface area (TPSA) is 32.3 Å². The monoisotopic (exact) mass is 156 g/mol. The number of likely N-dealkylation sites (tertiary alicyclic amines) is 1. The molecule has 11 heavy (non-hydrogen) atoms. The van der Waals surface area contributed by atoms with Crippen LogP contribution < -0.4 is 5.32 Å². The summed E-state index contributed by atoms with van der Waals surface area (Å²) in [5.74, 6) is 0.584. The van der Waals surface area contributed by atoms with Crippen LogP contribution in [0.2, 0.25) is 0 Å². The Labute approximate surface area is 67.8 Å². The fraction of sp³-hybridized carbons (Fsp3) is 0.875. The second kappa shape index (κ2) is 3.11. The van der Waals surface area contributed by atoms with Gasteiger partial charge in [0.1, 0.15) is 0 Å². The molecule has 1 fully saturated rings. The van der Waals surface area contributed by atoms with Crippen molar-refractivity contribution in [1.29, 1.82) is 0 Å². The molecule has 0 aliphatic carbocycles. The van der Waals surface area contributed by atoms with Gasteiger partial charge in [0.25, 0.3) is 0 Å². The van der Waals surface area contributed by atoms with Crippen LogP contribution in [0.3, 0.4) is 0 Å². The van der Waals surface area contributed by atoms with Crippen LogP contribution >= 0.6 is 0 Å². The largest absolute Gasteiger partial charge is 0.341 e. The Hall–Kier alpha value is -0.730. The van der Waals surface area contributed by atoms with E-state index < -0.39 is 0 Å². The van der Waals surface area contributed by atoms with Crippen molar-refractivity contribution in [3.8, 4) is 0 Å². The maximum absolute atomic E-state index is 11.1. The van der Waals surface area contributed by atoms with Crippen LogP contribution in [-0.2, 0) is 0 Å². The molecule has 0 saturated carbocycles. The van der Waals surface area contributed by atoms with Gasteiger partial charge >= 0.3 is 6.03 Å². The maximum atomic E-state index is 11.1. The summed E-state index contributed by atoms with van der Waals surface area (Å²) >= 11 is 0. The van der Waals surface area contributed by atoms with Crippen LogP contribution in [0.25, 0.3) is 0 Å². The molecule has 1 atom stereocenters. The Morgan fingerprint density at radius 3 is 2.55 bits per heavy atom. The Bertz CT molecular complexity index is 156. The maximum Gasteiger partial charge on any atom is 0.317 e. The molecule has 0 aromatic rings. The van der Waals surface area contributed by atoms with Crippen molar-refractivity contribution in [3.63, 3.8) is 0 Å². The Morgan fingerprint density at radius 2 is 2.27 bits per heavy atom. The molecular formula is C8H16N2O. The summed E-state index contributed by atoms with van der Waals surface area (Å²) in [4.78, 5) is 13.0. The highest BCUT2D eigenvalue weighted by molar-refractivity contribution is 5.75. The minimum absolute atomic E-state index is 0.0648. The summed E-state index contributed by atoms with van der Waals surface area (Å²) in [6.45, 7) is 5.22. The summed E-state index contributed by atoms with van der Waals surface area (Å²) in [7, 11) is 1.68. The van der Waals surface area contributed by atoms with E-state index in [1.165, 1.54) is 0 Å². The van der Waals surface area contributed by atoms with Gasteiger partial charge in [-0.2, -0.15) is 0 Å². The van der Waals surface area contributed by atoms with Crippen molar-refractivity contribution in [3.05, 3.63) is 0 Å². The Kier molecular flexibility index (Phi) is 2.37. The number of carbonyl (C=O) groups is 1. The number of nitrogens with one attached hydrogen (secondary N) is 1. The SMILES string of the molecule is CNC(=O)N1CCC1C(C)C. The highest BCUT2D eigenvalue weighted by atomic mass is 16.2. The zero-order valence-corrected chi connectivity index (χ0v) is 7.42. The Morgan fingerprint density at radius 1 is 1.64 bits per heavy atom. The van der Waals surface area contributed by atoms with E-state index in [2.05, 4.69) is 19.2 Å². The summed E-state index contributed by atoms with van der Waals surface area (Å²) in [5.41, 5.74) is 0. The molecule has 0 radical (unpaired) electrons. The van der Waals surface area contributed by atoms with Gasteiger partial charge in [-0.05, 0) is 12.3 Å². The molecule has 1 rings (SSSR count). The quantitative estimate of drug-likeness (QED) is 0.605. The van der Waals surface area contributed by atoms with Gasteiger partial charge in [0, 0.05) is 19.6 Å². The lowest BCUT2D eigenvalue weighted by atomic mass is 9.92. The first-order chi connectivity index (χ1) is 5.16. The van der Waals surface area contributed by atoms with Crippen LogP contribution in [0, 0.1) is 5.92 Å². The summed E-state index contributed by atoms with van der Waals surface area (Å²) in [6, 6.07) is 0.532. The van der Waals surface area contributed by atoms with E-state index in [1.807, 2.05) is 4.90 Å². The number of carbonyl (C=O) groups excluding carboxylic acids is 1. The predicted octanol–water partition coefficient (Wildman–Crippen LogP) is 1.06. The van der Waals surface area contributed by atoms with Crippen molar-refractivity contribution in [1.82, 2.24) is 10.2 Å². The van der Waals surface area contributed by atoms with Gasteiger partial charge in [-0.1, -0.05) is 13.8 Å². The van der Waals surface area contributed by atoms with Crippen LogP contribution in [0.15, 0.2) is 0 Å². The molecule has 3 heteroatoms. The lowest BCUT2D eigenvalue weighted by molar-refractivity contribution is 0.0876. The molecule has 1 aliphatic heterocycles. The van der Waals surface area contributed by atoms with Gasteiger partial charge in [-0.3, -0.25) is 0 Å². The van der Waals surface area contributed by atoms with Gasteiger partial charge in [0.15, 0.2) is 0 Å². The molecule has 3 nitrogen and oxygen atoms in total. The molecule has 1 N–H and O–H groups in total. The van der Waals surface area contributed by atoms with Crippen molar-refractivity contribution in [2.75, 3.05) is 13.6 Å². The van der Waals surface area contributed by atoms with Gasteiger partial charge in [-0.15, -0.1) is 0 Å². The third-order valence-corrected chi connectivity index (χ3v) is 2.31. The normalized spacial score (nSPS) is 23.3. The highest BCUT2D eigenvalue weighted by Crippen LogP contribution is 2.23. The van der Waals surface area contributed by atoms with E-state index >= 15 is 0 Å². The van der Waals surface area contributed by atoms with Gasteiger partial charge in [0.05, 0.1) is 0 Å². The molecular weight excluding hydrogens is 140 g/mol. The van der Waals surface area contributed by atoms with E-state index in [9.17, 15) is 4.79 Å². The van der Waals surface area contributed by atoms with Gasteiger partial charge in [0.2, 0.25) is 0 Å².